The van der Waals surface area contributed by atoms with Gasteiger partial charge in [0, 0.05) is 19.0 Å². The molecule has 0 fully saturated rings. The first-order valence-corrected chi connectivity index (χ1v) is 11.6. The van der Waals surface area contributed by atoms with Gasteiger partial charge in [-0.15, -0.1) is 0 Å². The van der Waals surface area contributed by atoms with E-state index >= 15 is 0 Å². The van der Waals surface area contributed by atoms with E-state index in [0.717, 1.165) is 30.7 Å². The third kappa shape index (κ3) is 6.69. The summed E-state index contributed by atoms with van der Waals surface area (Å²) in [6.07, 6.45) is 1.23. The molecule has 2 aromatic carbocycles. The molecule has 0 saturated carbocycles. The van der Waals surface area contributed by atoms with E-state index in [0.29, 0.717) is 18.5 Å². The summed E-state index contributed by atoms with van der Waals surface area (Å²) >= 11 is 0. The zero-order valence-corrected chi connectivity index (χ0v) is 19.4. The van der Waals surface area contributed by atoms with Crippen LogP contribution in [0.3, 0.4) is 0 Å². The summed E-state index contributed by atoms with van der Waals surface area (Å²) in [6.45, 7) is 8.30. The van der Waals surface area contributed by atoms with Gasteiger partial charge in [0.25, 0.3) is 0 Å². The van der Waals surface area contributed by atoms with Crippen molar-refractivity contribution in [3.05, 3.63) is 53.8 Å². The maximum absolute atomic E-state index is 13.1. The average Bonchev–Trinajstić information content (AvgIpc) is 2.71. The summed E-state index contributed by atoms with van der Waals surface area (Å²) in [6, 6.07) is 9.33. The molecule has 0 aliphatic heterocycles. The van der Waals surface area contributed by atoms with Crippen molar-refractivity contribution in [2.24, 2.45) is 5.92 Å². The molecule has 0 aliphatic rings. The number of rotatable bonds is 10. The van der Waals surface area contributed by atoms with Crippen LogP contribution in [0.25, 0.3) is 0 Å². The molecule has 1 atom stereocenters. The Balaban J connectivity index is 2.34. The third-order valence-corrected chi connectivity index (χ3v) is 6.16. The van der Waals surface area contributed by atoms with E-state index in [1.54, 1.807) is 23.1 Å². The van der Waals surface area contributed by atoms with Gasteiger partial charge in [0.15, 0.2) is 11.5 Å². The number of nitrogens with zero attached hydrogens (tertiary/aromatic N) is 1. The fourth-order valence-corrected chi connectivity index (χ4v) is 3.96. The minimum atomic E-state index is -4.19. The molecular formula is C23H30FNO5S. The molecule has 0 spiro atoms. The number of ether oxygens (including phenoxy) is 1. The van der Waals surface area contributed by atoms with Crippen molar-refractivity contribution in [1.82, 2.24) is 4.90 Å². The average molecular weight is 452 g/mol. The van der Waals surface area contributed by atoms with Crippen molar-refractivity contribution >= 4 is 16.0 Å². The highest BCUT2D eigenvalue weighted by Crippen LogP contribution is 2.32. The molecule has 0 saturated heterocycles. The number of amides is 1. The number of methoxy groups -OCH3 is 1. The molecule has 0 radical (unpaired) electrons. The van der Waals surface area contributed by atoms with Gasteiger partial charge in [-0.2, -0.15) is 8.42 Å². The molecule has 6 nitrogen and oxygen atoms in total. The summed E-state index contributed by atoms with van der Waals surface area (Å²) in [5, 5.41) is 0. The SMILES string of the molecule is CCC(C)N(Cc1ccc(OC)c(OS(=O)(=O)c2ccc(F)cc2)c1)C(=O)CC(C)C. The van der Waals surface area contributed by atoms with Gasteiger partial charge in [-0.25, -0.2) is 4.39 Å². The molecule has 0 N–H and O–H groups in total. The standard InChI is InChI=1S/C23H30FNO5S/c1-6-17(4)25(23(26)13-16(2)3)15-18-7-12-21(29-5)22(14-18)30-31(27,28)20-10-8-19(24)9-11-20/h7-12,14,16-17H,6,13,15H2,1-5H3. The Morgan fingerprint density at radius 3 is 2.26 bits per heavy atom. The van der Waals surface area contributed by atoms with Gasteiger partial charge in [-0.05, 0) is 61.2 Å². The Labute approximate surface area is 184 Å². The van der Waals surface area contributed by atoms with Crippen LogP contribution in [0.1, 0.15) is 46.1 Å². The van der Waals surface area contributed by atoms with Crippen LogP contribution >= 0.6 is 0 Å². The number of hydrogen-bond acceptors (Lipinski definition) is 5. The van der Waals surface area contributed by atoms with Gasteiger partial charge >= 0.3 is 10.1 Å². The van der Waals surface area contributed by atoms with Crippen LogP contribution < -0.4 is 8.92 Å². The second-order valence-corrected chi connectivity index (χ2v) is 9.40. The highest BCUT2D eigenvalue weighted by atomic mass is 32.2. The molecule has 0 heterocycles. The lowest BCUT2D eigenvalue weighted by Gasteiger charge is -2.29. The predicted octanol–water partition coefficient (Wildman–Crippen LogP) is 4.78. The van der Waals surface area contributed by atoms with Gasteiger partial charge in [0.2, 0.25) is 5.91 Å². The summed E-state index contributed by atoms with van der Waals surface area (Å²) in [7, 11) is -2.78. The normalized spacial score (nSPS) is 12.5. The van der Waals surface area contributed by atoms with E-state index < -0.39 is 15.9 Å². The minimum Gasteiger partial charge on any atom is -0.493 e. The Hall–Kier alpha value is -2.61. The number of benzene rings is 2. The highest BCUT2D eigenvalue weighted by molar-refractivity contribution is 7.87. The maximum atomic E-state index is 13.1. The summed E-state index contributed by atoms with van der Waals surface area (Å²) in [4.78, 5) is 14.4. The molecule has 1 amide bonds. The fourth-order valence-electron chi connectivity index (χ4n) is 3.03. The van der Waals surface area contributed by atoms with Crippen molar-refractivity contribution in [1.29, 1.82) is 0 Å². The zero-order valence-electron chi connectivity index (χ0n) is 18.6. The van der Waals surface area contributed by atoms with E-state index in [1.165, 1.54) is 7.11 Å². The van der Waals surface area contributed by atoms with Gasteiger partial charge < -0.3 is 13.8 Å². The maximum Gasteiger partial charge on any atom is 0.339 e. The molecular weight excluding hydrogens is 421 g/mol. The second-order valence-electron chi connectivity index (χ2n) is 7.85. The van der Waals surface area contributed by atoms with Crippen molar-refractivity contribution in [3.8, 4) is 11.5 Å². The molecule has 170 valence electrons. The van der Waals surface area contributed by atoms with E-state index in [4.69, 9.17) is 8.92 Å². The Bertz CT molecular complexity index is 990. The third-order valence-electron chi connectivity index (χ3n) is 4.91. The number of carbonyl (C=O) groups excluding carboxylic acids is 1. The van der Waals surface area contributed by atoms with E-state index in [-0.39, 0.29) is 34.3 Å². The van der Waals surface area contributed by atoms with E-state index in [1.807, 2.05) is 27.7 Å². The fraction of sp³-hybridized carbons (Fsp3) is 0.435. The predicted molar refractivity (Wildman–Crippen MR) is 117 cm³/mol. The topological polar surface area (TPSA) is 72.9 Å². The Kier molecular flexibility index (Phi) is 8.44. The smallest absolute Gasteiger partial charge is 0.339 e. The molecule has 0 aromatic heterocycles. The highest BCUT2D eigenvalue weighted by Gasteiger charge is 2.23. The first-order chi connectivity index (χ1) is 14.6. The summed E-state index contributed by atoms with van der Waals surface area (Å²) < 4.78 is 49.0. The van der Waals surface area contributed by atoms with Crippen LogP contribution in [0.5, 0.6) is 11.5 Å². The lowest BCUT2D eigenvalue weighted by molar-refractivity contribution is -0.134. The molecule has 8 heteroatoms. The van der Waals surface area contributed by atoms with Gasteiger partial charge in [0.1, 0.15) is 10.7 Å². The van der Waals surface area contributed by atoms with Crippen molar-refractivity contribution in [3.63, 3.8) is 0 Å². The van der Waals surface area contributed by atoms with Crippen LogP contribution in [-0.4, -0.2) is 32.4 Å². The quantitative estimate of drug-likeness (QED) is 0.486. The largest absolute Gasteiger partial charge is 0.493 e. The molecule has 1 unspecified atom stereocenters. The first kappa shape index (κ1) is 24.7. The number of carbonyl (C=O) groups is 1. The minimum absolute atomic E-state index is 0.00438. The van der Waals surface area contributed by atoms with E-state index in [2.05, 4.69) is 0 Å². The van der Waals surface area contributed by atoms with Gasteiger partial charge in [0.05, 0.1) is 7.11 Å². The molecule has 0 aliphatic carbocycles. The Morgan fingerprint density at radius 2 is 1.71 bits per heavy atom. The van der Waals surface area contributed by atoms with Crippen LogP contribution in [0.2, 0.25) is 0 Å². The van der Waals surface area contributed by atoms with Crippen molar-refractivity contribution < 1.29 is 26.5 Å². The van der Waals surface area contributed by atoms with E-state index in [9.17, 15) is 17.6 Å². The van der Waals surface area contributed by atoms with Crippen LogP contribution in [0.4, 0.5) is 4.39 Å². The van der Waals surface area contributed by atoms with Crippen molar-refractivity contribution in [2.45, 2.75) is 58.0 Å². The van der Waals surface area contributed by atoms with Crippen LogP contribution in [-0.2, 0) is 21.5 Å². The Morgan fingerprint density at radius 1 is 1.06 bits per heavy atom. The second kappa shape index (κ2) is 10.6. The van der Waals surface area contributed by atoms with Gasteiger partial charge in [-0.1, -0.05) is 26.8 Å². The first-order valence-electron chi connectivity index (χ1n) is 10.2. The van der Waals surface area contributed by atoms with Gasteiger partial charge in [-0.3, -0.25) is 4.79 Å². The lowest BCUT2D eigenvalue weighted by Crippen LogP contribution is -2.38. The van der Waals surface area contributed by atoms with Crippen LogP contribution in [0, 0.1) is 11.7 Å². The molecule has 0 bridgehead atoms. The van der Waals surface area contributed by atoms with Crippen molar-refractivity contribution in [2.75, 3.05) is 7.11 Å². The number of halogens is 1. The monoisotopic (exact) mass is 451 g/mol. The zero-order chi connectivity index (χ0) is 23.2. The molecule has 2 aromatic rings. The summed E-state index contributed by atoms with van der Waals surface area (Å²) in [5.41, 5.74) is 0.711. The van der Waals surface area contributed by atoms with Crippen LogP contribution in [0.15, 0.2) is 47.4 Å². The number of hydrogen-bond donors (Lipinski definition) is 0. The molecule has 2 rings (SSSR count). The lowest BCUT2D eigenvalue weighted by atomic mass is 10.1. The molecule has 31 heavy (non-hydrogen) atoms. The summed E-state index contributed by atoms with van der Waals surface area (Å²) in [5.74, 6) is -0.0336.